The van der Waals surface area contributed by atoms with Gasteiger partial charge in [-0.25, -0.2) is 0 Å². The van der Waals surface area contributed by atoms with Crippen molar-refractivity contribution in [2.75, 3.05) is 14.2 Å². The van der Waals surface area contributed by atoms with Gasteiger partial charge in [0.15, 0.2) is 17.3 Å². The van der Waals surface area contributed by atoms with Crippen LogP contribution in [-0.2, 0) is 5.75 Å². The lowest BCUT2D eigenvalue weighted by Gasteiger charge is -2.12. The van der Waals surface area contributed by atoms with Crippen LogP contribution in [0.3, 0.4) is 0 Å². The van der Waals surface area contributed by atoms with Crippen molar-refractivity contribution in [1.29, 1.82) is 0 Å². The second-order valence-corrected chi connectivity index (χ2v) is 7.58. The van der Waals surface area contributed by atoms with E-state index in [4.69, 9.17) is 9.47 Å². The second kappa shape index (κ2) is 7.12. The smallest absolute Gasteiger partial charge is 0.194 e. The Labute approximate surface area is 163 Å². The Kier molecular flexibility index (Phi) is 4.66. The number of hydrogen-bond donors (Lipinski definition) is 0. The van der Waals surface area contributed by atoms with Gasteiger partial charge in [-0.15, -0.1) is 11.8 Å². The SMILES string of the molecule is COc1cc2c(cc1OC)C(=O)c1cc(-c3ccc(C)cc3)ccc1CS2. The Balaban J connectivity index is 1.82. The molecule has 4 heteroatoms. The van der Waals surface area contributed by atoms with Gasteiger partial charge in [0, 0.05) is 21.8 Å². The first-order valence-corrected chi connectivity index (χ1v) is 9.72. The van der Waals surface area contributed by atoms with Crippen LogP contribution in [0, 0.1) is 6.92 Å². The summed E-state index contributed by atoms with van der Waals surface area (Å²) in [6.07, 6.45) is 0. The molecule has 1 aliphatic heterocycles. The van der Waals surface area contributed by atoms with Gasteiger partial charge < -0.3 is 9.47 Å². The van der Waals surface area contributed by atoms with Crippen molar-refractivity contribution in [2.45, 2.75) is 17.6 Å². The monoisotopic (exact) mass is 376 g/mol. The van der Waals surface area contributed by atoms with Crippen LogP contribution in [-0.4, -0.2) is 20.0 Å². The molecule has 3 nitrogen and oxygen atoms in total. The fraction of sp³-hybridized carbons (Fsp3) is 0.174. The van der Waals surface area contributed by atoms with Crippen LogP contribution >= 0.6 is 11.8 Å². The van der Waals surface area contributed by atoms with Crippen molar-refractivity contribution in [3.05, 3.63) is 76.9 Å². The maximum Gasteiger partial charge on any atom is 0.194 e. The van der Waals surface area contributed by atoms with Crippen LogP contribution in [0.1, 0.15) is 27.0 Å². The van der Waals surface area contributed by atoms with E-state index in [1.54, 1.807) is 32.0 Å². The highest BCUT2D eigenvalue weighted by Gasteiger charge is 2.24. The van der Waals surface area contributed by atoms with Crippen molar-refractivity contribution in [1.82, 2.24) is 0 Å². The molecule has 0 spiro atoms. The summed E-state index contributed by atoms with van der Waals surface area (Å²) in [5, 5.41) is 0. The standard InChI is InChI=1S/C23H20O3S/c1-14-4-6-15(7-5-14)16-8-9-17-13-27-22-12-21(26-3)20(25-2)11-19(22)23(24)18(17)10-16/h4-12H,13H2,1-3H3. The minimum Gasteiger partial charge on any atom is -0.493 e. The topological polar surface area (TPSA) is 35.5 Å². The van der Waals surface area contributed by atoms with Crippen molar-refractivity contribution in [3.8, 4) is 22.6 Å². The number of ether oxygens (including phenoxy) is 2. The van der Waals surface area contributed by atoms with Gasteiger partial charge in [0.05, 0.1) is 14.2 Å². The molecule has 0 aromatic heterocycles. The van der Waals surface area contributed by atoms with Gasteiger partial charge >= 0.3 is 0 Å². The van der Waals surface area contributed by atoms with Crippen LogP contribution in [0.2, 0.25) is 0 Å². The van der Waals surface area contributed by atoms with E-state index in [-0.39, 0.29) is 5.78 Å². The molecule has 0 fully saturated rings. The Hall–Kier alpha value is -2.72. The molecule has 3 aromatic rings. The van der Waals surface area contributed by atoms with Gasteiger partial charge in [-0.3, -0.25) is 4.79 Å². The zero-order valence-electron chi connectivity index (χ0n) is 15.5. The lowest BCUT2D eigenvalue weighted by atomic mass is 9.94. The Morgan fingerprint density at radius 1 is 0.815 bits per heavy atom. The summed E-state index contributed by atoms with van der Waals surface area (Å²) in [6.45, 7) is 2.07. The lowest BCUT2D eigenvalue weighted by molar-refractivity contribution is 0.103. The first-order chi connectivity index (χ1) is 13.1. The summed E-state index contributed by atoms with van der Waals surface area (Å²) in [6, 6.07) is 18.2. The molecule has 1 heterocycles. The Bertz CT molecular complexity index is 1020. The number of carbonyl (C=O) groups is 1. The highest BCUT2D eigenvalue weighted by Crippen LogP contribution is 2.41. The summed E-state index contributed by atoms with van der Waals surface area (Å²) in [5.74, 6) is 1.99. The van der Waals surface area contributed by atoms with Gasteiger partial charge in [0.1, 0.15) is 0 Å². The average molecular weight is 376 g/mol. The predicted octanol–water partition coefficient (Wildman–Crippen LogP) is 5.52. The zero-order chi connectivity index (χ0) is 19.0. The lowest BCUT2D eigenvalue weighted by Crippen LogP contribution is -2.05. The number of thioether (sulfide) groups is 1. The fourth-order valence-corrected chi connectivity index (χ4v) is 4.36. The maximum atomic E-state index is 13.3. The largest absolute Gasteiger partial charge is 0.493 e. The van der Waals surface area contributed by atoms with Crippen LogP contribution < -0.4 is 9.47 Å². The Morgan fingerprint density at radius 3 is 2.19 bits per heavy atom. The second-order valence-electron chi connectivity index (χ2n) is 6.56. The number of carbonyl (C=O) groups excluding carboxylic acids is 1. The van der Waals surface area contributed by atoms with E-state index in [1.807, 2.05) is 12.1 Å². The normalized spacial score (nSPS) is 12.8. The third-order valence-corrected chi connectivity index (χ3v) is 5.96. The maximum absolute atomic E-state index is 13.3. The van der Waals surface area contributed by atoms with Gasteiger partial charge in [-0.05, 0) is 41.8 Å². The minimum atomic E-state index is 0.0277. The molecule has 0 amide bonds. The number of benzene rings is 3. The molecule has 27 heavy (non-hydrogen) atoms. The van der Waals surface area contributed by atoms with Gasteiger partial charge in [-0.1, -0.05) is 42.0 Å². The van der Waals surface area contributed by atoms with Gasteiger partial charge in [-0.2, -0.15) is 0 Å². The summed E-state index contributed by atoms with van der Waals surface area (Å²) in [4.78, 5) is 14.2. The molecule has 0 bridgehead atoms. The van der Waals surface area contributed by atoms with Gasteiger partial charge in [0.2, 0.25) is 0 Å². The van der Waals surface area contributed by atoms with Gasteiger partial charge in [0.25, 0.3) is 0 Å². The van der Waals surface area contributed by atoms with Crippen molar-refractivity contribution in [2.24, 2.45) is 0 Å². The molecule has 1 aliphatic rings. The molecule has 136 valence electrons. The number of aryl methyl sites for hydroxylation is 1. The van der Waals surface area contributed by atoms with Crippen LogP contribution in [0.4, 0.5) is 0 Å². The van der Waals surface area contributed by atoms with Crippen molar-refractivity contribution in [3.63, 3.8) is 0 Å². The highest BCUT2D eigenvalue weighted by molar-refractivity contribution is 7.98. The van der Waals surface area contributed by atoms with E-state index in [1.165, 1.54) is 5.56 Å². The molecule has 0 saturated carbocycles. The molecular formula is C23H20O3S. The average Bonchev–Trinajstić information content (AvgIpc) is 2.84. The first-order valence-electron chi connectivity index (χ1n) is 8.74. The summed E-state index contributed by atoms with van der Waals surface area (Å²) in [5.41, 5.74) is 5.85. The first kappa shape index (κ1) is 17.7. The quantitative estimate of drug-likeness (QED) is 0.603. The summed E-state index contributed by atoms with van der Waals surface area (Å²) >= 11 is 1.65. The number of rotatable bonds is 3. The predicted molar refractivity (Wildman–Crippen MR) is 109 cm³/mol. The number of fused-ring (bicyclic) bond motifs is 2. The Morgan fingerprint density at radius 2 is 1.48 bits per heavy atom. The van der Waals surface area contributed by atoms with E-state index in [9.17, 15) is 4.79 Å². The van der Waals surface area contributed by atoms with E-state index < -0.39 is 0 Å². The molecule has 4 rings (SSSR count). The third-order valence-electron chi connectivity index (χ3n) is 4.85. The van der Waals surface area contributed by atoms with Crippen LogP contribution in [0.5, 0.6) is 11.5 Å². The molecule has 0 unspecified atom stereocenters. The van der Waals surface area contributed by atoms with Crippen LogP contribution in [0.25, 0.3) is 11.1 Å². The molecular weight excluding hydrogens is 356 g/mol. The van der Waals surface area contributed by atoms with Crippen LogP contribution in [0.15, 0.2) is 59.5 Å². The summed E-state index contributed by atoms with van der Waals surface area (Å²) in [7, 11) is 3.19. The van der Waals surface area contributed by atoms with E-state index in [0.717, 1.165) is 32.9 Å². The molecule has 0 aliphatic carbocycles. The highest BCUT2D eigenvalue weighted by atomic mass is 32.2. The summed E-state index contributed by atoms with van der Waals surface area (Å²) < 4.78 is 10.8. The minimum absolute atomic E-state index is 0.0277. The van der Waals surface area contributed by atoms with E-state index in [0.29, 0.717) is 17.1 Å². The molecule has 0 saturated heterocycles. The molecule has 3 aromatic carbocycles. The van der Waals surface area contributed by atoms with Crippen molar-refractivity contribution < 1.29 is 14.3 Å². The van der Waals surface area contributed by atoms with Crippen molar-refractivity contribution >= 4 is 17.5 Å². The fourth-order valence-electron chi connectivity index (χ4n) is 3.30. The molecule has 0 N–H and O–H groups in total. The number of methoxy groups -OCH3 is 2. The van der Waals surface area contributed by atoms with E-state index >= 15 is 0 Å². The zero-order valence-corrected chi connectivity index (χ0v) is 16.4. The number of ketones is 1. The third kappa shape index (κ3) is 3.21. The van der Waals surface area contributed by atoms with E-state index in [2.05, 4.69) is 43.3 Å². The molecule has 0 radical (unpaired) electrons. The molecule has 0 atom stereocenters. The number of hydrogen-bond acceptors (Lipinski definition) is 4.